The van der Waals surface area contributed by atoms with Gasteiger partial charge in [-0.1, -0.05) is 11.6 Å². The Morgan fingerprint density at radius 2 is 1.95 bits per heavy atom. The summed E-state index contributed by atoms with van der Waals surface area (Å²) in [6, 6.07) is 2.26. The van der Waals surface area contributed by atoms with Crippen molar-refractivity contribution in [3.05, 3.63) is 28.8 Å². The van der Waals surface area contributed by atoms with Crippen molar-refractivity contribution in [1.29, 1.82) is 0 Å². The van der Waals surface area contributed by atoms with Gasteiger partial charge in [-0.25, -0.2) is 12.7 Å². The van der Waals surface area contributed by atoms with Gasteiger partial charge in [0.2, 0.25) is 10.0 Å². The van der Waals surface area contributed by atoms with Crippen LogP contribution >= 0.6 is 11.6 Å². The smallest absolute Gasteiger partial charge is 0.320 e. The molecule has 0 aliphatic heterocycles. The van der Waals surface area contributed by atoms with Gasteiger partial charge in [0, 0.05) is 13.6 Å². The fourth-order valence-electron chi connectivity index (χ4n) is 1.64. The van der Waals surface area contributed by atoms with Gasteiger partial charge in [0.15, 0.2) is 0 Å². The average molecular weight is 345 g/mol. The zero-order chi connectivity index (χ0) is 16.3. The molecule has 9 heteroatoms. The van der Waals surface area contributed by atoms with Crippen LogP contribution in [-0.4, -0.2) is 39.9 Å². The number of alkyl halides is 3. The lowest BCUT2D eigenvalue weighted by atomic mass is 10.2. The summed E-state index contributed by atoms with van der Waals surface area (Å²) < 4.78 is 63.6. The van der Waals surface area contributed by atoms with Gasteiger partial charge in [-0.3, -0.25) is 0 Å². The predicted octanol–water partition coefficient (Wildman–Crippen LogP) is 2.59. The van der Waals surface area contributed by atoms with E-state index in [0.29, 0.717) is 19.0 Å². The Morgan fingerprint density at radius 1 is 1.33 bits per heavy atom. The van der Waals surface area contributed by atoms with Gasteiger partial charge in [-0.2, -0.15) is 13.2 Å². The number of nitrogens with zero attached hydrogens (tertiary/aromatic N) is 1. The fourth-order valence-corrected chi connectivity index (χ4v) is 3.35. The minimum Gasteiger partial charge on any atom is -0.320 e. The van der Waals surface area contributed by atoms with Crippen molar-refractivity contribution in [3.63, 3.8) is 0 Å². The molecule has 0 spiro atoms. The molecule has 0 unspecified atom stereocenters. The van der Waals surface area contributed by atoms with Crippen LogP contribution in [0.5, 0.6) is 0 Å². The molecule has 0 saturated carbocycles. The van der Waals surface area contributed by atoms with Crippen molar-refractivity contribution in [2.75, 3.05) is 27.2 Å². The number of hydrogen-bond donors (Lipinski definition) is 1. The summed E-state index contributed by atoms with van der Waals surface area (Å²) in [5.74, 6) is 0. The van der Waals surface area contributed by atoms with Crippen molar-refractivity contribution >= 4 is 21.6 Å². The lowest BCUT2D eigenvalue weighted by molar-refractivity contribution is -0.137. The van der Waals surface area contributed by atoms with Gasteiger partial charge in [0.25, 0.3) is 0 Å². The van der Waals surface area contributed by atoms with Gasteiger partial charge >= 0.3 is 6.18 Å². The van der Waals surface area contributed by atoms with Gasteiger partial charge < -0.3 is 5.32 Å². The molecule has 0 amide bonds. The number of benzene rings is 1. The summed E-state index contributed by atoms with van der Waals surface area (Å²) in [6.07, 6.45) is -4.09. The molecule has 120 valence electrons. The van der Waals surface area contributed by atoms with Crippen molar-refractivity contribution in [3.8, 4) is 0 Å². The molecule has 0 bridgehead atoms. The molecule has 1 aromatic carbocycles. The monoisotopic (exact) mass is 344 g/mol. The van der Waals surface area contributed by atoms with E-state index in [1.165, 1.54) is 7.05 Å². The van der Waals surface area contributed by atoms with Crippen LogP contribution < -0.4 is 5.32 Å². The van der Waals surface area contributed by atoms with E-state index in [2.05, 4.69) is 5.32 Å². The van der Waals surface area contributed by atoms with E-state index in [0.717, 1.165) is 16.4 Å². The van der Waals surface area contributed by atoms with Crippen LogP contribution in [0, 0.1) is 0 Å². The normalized spacial score (nSPS) is 12.9. The van der Waals surface area contributed by atoms with Gasteiger partial charge in [-0.15, -0.1) is 0 Å². The molecule has 0 fully saturated rings. The lowest BCUT2D eigenvalue weighted by Crippen LogP contribution is -2.30. The number of hydrogen-bond acceptors (Lipinski definition) is 3. The summed E-state index contributed by atoms with van der Waals surface area (Å²) in [7, 11) is -1.03. The molecule has 0 aromatic heterocycles. The summed E-state index contributed by atoms with van der Waals surface area (Å²) >= 11 is 5.75. The van der Waals surface area contributed by atoms with Gasteiger partial charge in [0.05, 0.1) is 10.6 Å². The van der Waals surface area contributed by atoms with Crippen molar-refractivity contribution in [2.24, 2.45) is 0 Å². The molecule has 4 nitrogen and oxygen atoms in total. The average Bonchev–Trinajstić information content (AvgIpc) is 2.37. The first kappa shape index (κ1) is 18.2. The molecular weight excluding hydrogens is 329 g/mol. The van der Waals surface area contributed by atoms with E-state index in [4.69, 9.17) is 11.6 Å². The highest BCUT2D eigenvalue weighted by molar-refractivity contribution is 7.89. The minimum atomic E-state index is -4.63. The van der Waals surface area contributed by atoms with Crippen LogP contribution in [0.15, 0.2) is 23.1 Å². The van der Waals surface area contributed by atoms with E-state index < -0.39 is 26.7 Å². The Balaban J connectivity index is 3.13. The maximum atomic E-state index is 12.7. The SMILES string of the molecule is CNCCCN(C)S(=O)(=O)c1cc(C(F)(F)F)ccc1Cl. The summed E-state index contributed by atoms with van der Waals surface area (Å²) in [5, 5.41) is 2.63. The quantitative estimate of drug-likeness (QED) is 0.807. The molecule has 1 N–H and O–H groups in total. The Kier molecular flexibility index (Phi) is 6.03. The molecule has 1 rings (SSSR count). The maximum Gasteiger partial charge on any atom is 0.416 e. The van der Waals surface area contributed by atoms with Gasteiger partial charge in [-0.05, 0) is 38.2 Å². The first-order valence-electron chi connectivity index (χ1n) is 6.08. The second kappa shape index (κ2) is 6.95. The van der Waals surface area contributed by atoms with E-state index in [1.54, 1.807) is 7.05 Å². The summed E-state index contributed by atoms with van der Waals surface area (Å²) in [4.78, 5) is -0.536. The molecule has 0 saturated heterocycles. The summed E-state index contributed by atoms with van der Waals surface area (Å²) in [5.41, 5.74) is -1.05. The van der Waals surface area contributed by atoms with Crippen molar-refractivity contribution < 1.29 is 21.6 Å². The highest BCUT2D eigenvalue weighted by Crippen LogP contribution is 2.34. The predicted molar refractivity (Wildman–Crippen MR) is 74.8 cm³/mol. The second-order valence-electron chi connectivity index (χ2n) is 4.43. The number of halogens is 4. The van der Waals surface area contributed by atoms with Crippen LogP contribution in [0.3, 0.4) is 0 Å². The Morgan fingerprint density at radius 3 is 2.48 bits per heavy atom. The van der Waals surface area contributed by atoms with Gasteiger partial charge in [0.1, 0.15) is 4.90 Å². The first-order chi connectivity index (χ1) is 9.60. The van der Waals surface area contributed by atoms with Crippen LogP contribution in [0.4, 0.5) is 13.2 Å². The van der Waals surface area contributed by atoms with Crippen molar-refractivity contribution in [2.45, 2.75) is 17.5 Å². The highest BCUT2D eigenvalue weighted by Gasteiger charge is 2.33. The number of rotatable bonds is 6. The van der Waals surface area contributed by atoms with Crippen molar-refractivity contribution in [1.82, 2.24) is 9.62 Å². The topological polar surface area (TPSA) is 49.4 Å². The zero-order valence-corrected chi connectivity index (χ0v) is 13.1. The maximum absolute atomic E-state index is 12.7. The minimum absolute atomic E-state index is 0.176. The third kappa shape index (κ3) is 4.57. The molecule has 1 aromatic rings. The van der Waals surface area contributed by atoms with Crippen LogP contribution in [-0.2, 0) is 16.2 Å². The third-order valence-corrected chi connectivity index (χ3v) is 5.18. The fraction of sp³-hybridized carbons (Fsp3) is 0.500. The summed E-state index contributed by atoms with van der Waals surface area (Å²) in [6.45, 7) is 0.770. The molecule has 0 heterocycles. The molecule has 0 aliphatic rings. The van der Waals surface area contributed by atoms with Crippen LogP contribution in [0.25, 0.3) is 0 Å². The van der Waals surface area contributed by atoms with Crippen LogP contribution in [0.2, 0.25) is 5.02 Å². The lowest BCUT2D eigenvalue weighted by Gasteiger charge is -2.19. The second-order valence-corrected chi connectivity index (χ2v) is 6.85. The largest absolute Gasteiger partial charge is 0.416 e. The highest BCUT2D eigenvalue weighted by atomic mass is 35.5. The van der Waals surface area contributed by atoms with E-state index in [1.807, 2.05) is 0 Å². The first-order valence-corrected chi connectivity index (χ1v) is 7.90. The molecule has 21 heavy (non-hydrogen) atoms. The molecule has 0 atom stereocenters. The Hall–Kier alpha value is -0.830. The number of sulfonamides is 1. The van der Waals surface area contributed by atoms with E-state index >= 15 is 0 Å². The van der Waals surface area contributed by atoms with E-state index in [9.17, 15) is 21.6 Å². The number of nitrogens with one attached hydrogen (secondary N) is 1. The standard InChI is InChI=1S/C12H16ClF3N2O2S/c1-17-6-3-7-18(2)21(19,20)11-8-9(12(14,15)16)4-5-10(11)13/h4-5,8,17H,3,6-7H2,1-2H3. The van der Waals surface area contributed by atoms with Crippen LogP contribution in [0.1, 0.15) is 12.0 Å². The Bertz CT molecular complexity index is 591. The zero-order valence-electron chi connectivity index (χ0n) is 11.5. The molecule has 0 radical (unpaired) electrons. The molecule has 0 aliphatic carbocycles. The molecular formula is C12H16ClF3N2O2S. The Labute approximate surface area is 126 Å². The third-order valence-electron chi connectivity index (χ3n) is 2.85. The van der Waals surface area contributed by atoms with E-state index in [-0.39, 0.29) is 11.6 Å².